The summed E-state index contributed by atoms with van der Waals surface area (Å²) in [5.41, 5.74) is 1.33. The largest absolute Gasteiger partial charge is 0.497 e. The highest BCUT2D eigenvalue weighted by molar-refractivity contribution is 5.84. The van der Waals surface area contributed by atoms with E-state index in [0.29, 0.717) is 17.1 Å². The Morgan fingerprint density at radius 2 is 1.81 bits per heavy atom. The molecule has 0 aliphatic carbocycles. The number of nitrogens with one attached hydrogen (secondary N) is 1. The molecule has 0 aliphatic rings. The average Bonchev–Trinajstić information content (AvgIpc) is 2.63. The molecule has 1 heterocycles. The number of hydrogen-bond donors (Lipinski definition) is 2. The molecule has 0 atom stereocenters. The molecular weight excluding hydrogens is 346 g/mol. The van der Waals surface area contributed by atoms with E-state index >= 15 is 0 Å². The number of rotatable bonds is 4. The number of H-pyrrole nitrogens is 1. The second-order valence-electron chi connectivity index (χ2n) is 6.08. The van der Waals surface area contributed by atoms with E-state index in [1.54, 1.807) is 37.4 Å². The van der Waals surface area contributed by atoms with Crippen LogP contribution < -0.4 is 16.0 Å². The Kier molecular flexibility index (Phi) is 4.94. The number of aromatic hydroxyl groups is 1. The first-order valence-corrected chi connectivity index (χ1v) is 8.24. The van der Waals surface area contributed by atoms with E-state index in [-0.39, 0.29) is 5.56 Å². The fraction of sp³-hybridized carbons (Fsp3) is 0.150. The molecule has 7 nitrogen and oxygen atoms in total. The van der Waals surface area contributed by atoms with Crippen LogP contribution in [0, 0.1) is 13.8 Å². The predicted molar refractivity (Wildman–Crippen MR) is 104 cm³/mol. The molecule has 2 N–H and O–H groups in total. The van der Waals surface area contributed by atoms with Crippen molar-refractivity contribution < 1.29 is 9.84 Å². The van der Waals surface area contributed by atoms with Crippen LogP contribution in [0.25, 0.3) is 5.69 Å². The molecule has 27 heavy (non-hydrogen) atoms. The fourth-order valence-electron chi connectivity index (χ4n) is 2.74. The van der Waals surface area contributed by atoms with Crippen LogP contribution in [-0.4, -0.2) is 28.0 Å². The quantitative estimate of drug-likeness (QED) is 0.695. The van der Waals surface area contributed by atoms with Gasteiger partial charge in [-0.05, 0) is 49.7 Å². The van der Waals surface area contributed by atoms with Crippen LogP contribution in [-0.2, 0) is 0 Å². The highest BCUT2D eigenvalue weighted by atomic mass is 16.5. The summed E-state index contributed by atoms with van der Waals surface area (Å²) in [7, 11) is 1.56. The van der Waals surface area contributed by atoms with Crippen molar-refractivity contribution >= 4 is 11.9 Å². The van der Waals surface area contributed by atoms with E-state index < -0.39 is 17.1 Å². The Morgan fingerprint density at radius 1 is 1.11 bits per heavy atom. The fourth-order valence-corrected chi connectivity index (χ4v) is 2.74. The highest BCUT2D eigenvalue weighted by Gasteiger charge is 2.15. The minimum atomic E-state index is -0.717. The third-order valence-electron chi connectivity index (χ3n) is 4.13. The highest BCUT2D eigenvalue weighted by Crippen LogP contribution is 2.21. The average molecular weight is 365 g/mol. The lowest BCUT2D eigenvalue weighted by Crippen LogP contribution is -2.31. The first-order chi connectivity index (χ1) is 12.9. The zero-order chi connectivity index (χ0) is 19.6. The van der Waals surface area contributed by atoms with Crippen LogP contribution in [0.4, 0.5) is 5.69 Å². The van der Waals surface area contributed by atoms with Gasteiger partial charge in [0.2, 0.25) is 5.88 Å². The van der Waals surface area contributed by atoms with Crippen molar-refractivity contribution in [3.8, 4) is 17.3 Å². The molecule has 3 rings (SSSR count). The Hall–Kier alpha value is -3.61. The van der Waals surface area contributed by atoms with Gasteiger partial charge in [0.05, 0.1) is 18.5 Å². The molecule has 2 aromatic carbocycles. The van der Waals surface area contributed by atoms with Gasteiger partial charge in [0.15, 0.2) is 0 Å². The van der Waals surface area contributed by atoms with Gasteiger partial charge in [-0.15, -0.1) is 0 Å². The molecule has 0 radical (unpaired) electrons. The number of hydrogen-bond acceptors (Lipinski definition) is 5. The first-order valence-electron chi connectivity index (χ1n) is 8.24. The summed E-state index contributed by atoms with van der Waals surface area (Å²) in [4.78, 5) is 30.9. The van der Waals surface area contributed by atoms with Crippen molar-refractivity contribution in [1.29, 1.82) is 0 Å². The molecule has 0 saturated carbocycles. The van der Waals surface area contributed by atoms with Crippen molar-refractivity contribution in [1.82, 2.24) is 9.55 Å². The van der Waals surface area contributed by atoms with Gasteiger partial charge in [-0.2, -0.15) is 0 Å². The molecule has 0 bridgehead atoms. The van der Waals surface area contributed by atoms with Gasteiger partial charge in [-0.3, -0.25) is 14.8 Å². The van der Waals surface area contributed by atoms with Crippen molar-refractivity contribution in [2.24, 2.45) is 4.99 Å². The lowest BCUT2D eigenvalue weighted by Gasteiger charge is -2.12. The summed E-state index contributed by atoms with van der Waals surface area (Å²) in [5.74, 6) is 0.214. The molecule has 0 amide bonds. The van der Waals surface area contributed by atoms with Crippen LogP contribution in [0.1, 0.15) is 16.7 Å². The number of aryl methyl sites for hydroxylation is 2. The molecule has 0 unspecified atom stereocenters. The minimum absolute atomic E-state index is 0.106. The summed E-state index contributed by atoms with van der Waals surface area (Å²) in [6.45, 7) is 3.75. The number of aromatic nitrogens is 2. The standard InChI is InChI=1S/C20H19N3O4/c1-12-4-9-17(13(2)10-12)23-19(25)16(18(24)22-20(23)26)11-21-14-5-7-15(27-3)8-6-14/h4-11,25H,1-3H3,(H,22,24,26). The number of aliphatic imine (C=N–C) groups is 1. The van der Waals surface area contributed by atoms with Gasteiger partial charge in [-0.1, -0.05) is 17.7 Å². The SMILES string of the molecule is COc1ccc(N=Cc2c(O)n(-c3ccc(C)cc3C)c(=O)[nH]c2=O)cc1. The van der Waals surface area contributed by atoms with E-state index in [4.69, 9.17) is 4.74 Å². The van der Waals surface area contributed by atoms with Gasteiger partial charge in [0.1, 0.15) is 11.3 Å². The molecular formula is C20H19N3O4. The normalized spacial score (nSPS) is 11.1. The Bertz CT molecular complexity index is 1130. The maximum atomic E-state index is 12.3. The van der Waals surface area contributed by atoms with E-state index in [1.807, 2.05) is 26.0 Å². The van der Waals surface area contributed by atoms with Crippen LogP contribution in [0.15, 0.2) is 57.0 Å². The van der Waals surface area contributed by atoms with Crippen LogP contribution >= 0.6 is 0 Å². The summed E-state index contributed by atoms with van der Waals surface area (Å²) in [5, 5.41) is 10.6. The molecule has 0 spiro atoms. The smallest absolute Gasteiger partial charge is 0.335 e. The van der Waals surface area contributed by atoms with Gasteiger partial charge in [0, 0.05) is 6.21 Å². The van der Waals surface area contributed by atoms with E-state index in [2.05, 4.69) is 9.98 Å². The van der Waals surface area contributed by atoms with Crippen molar-refractivity contribution in [3.63, 3.8) is 0 Å². The van der Waals surface area contributed by atoms with Gasteiger partial charge in [0.25, 0.3) is 5.56 Å². The van der Waals surface area contributed by atoms with Crippen molar-refractivity contribution in [3.05, 3.63) is 80.0 Å². The molecule has 1 aromatic heterocycles. The lowest BCUT2D eigenvalue weighted by atomic mass is 10.1. The van der Waals surface area contributed by atoms with Crippen molar-refractivity contribution in [2.45, 2.75) is 13.8 Å². The Balaban J connectivity index is 2.10. The number of methoxy groups -OCH3 is 1. The maximum absolute atomic E-state index is 12.3. The summed E-state index contributed by atoms with van der Waals surface area (Å²) < 4.78 is 6.14. The molecule has 0 saturated heterocycles. The minimum Gasteiger partial charge on any atom is -0.497 e. The second kappa shape index (κ2) is 7.33. The summed E-state index contributed by atoms with van der Waals surface area (Å²) >= 11 is 0. The number of benzene rings is 2. The number of nitrogens with zero attached hydrogens (tertiary/aromatic N) is 2. The van der Waals surface area contributed by atoms with Gasteiger partial charge in [-0.25, -0.2) is 9.36 Å². The third-order valence-corrected chi connectivity index (χ3v) is 4.13. The summed E-state index contributed by atoms with van der Waals surface area (Å²) in [6, 6.07) is 12.3. The van der Waals surface area contributed by atoms with Crippen molar-refractivity contribution in [2.75, 3.05) is 7.11 Å². The maximum Gasteiger partial charge on any atom is 0.335 e. The third kappa shape index (κ3) is 3.67. The predicted octanol–water partition coefficient (Wildman–Crippen LogP) is 2.61. The Labute approximate surface area is 155 Å². The number of ether oxygens (including phenoxy) is 1. The second-order valence-corrected chi connectivity index (χ2v) is 6.08. The molecule has 0 fully saturated rings. The topological polar surface area (TPSA) is 96.7 Å². The molecule has 138 valence electrons. The van der Waals surface area contributed by atoms with Gasteiger partial charge < -0.3 is 9.84 Å². The van der Waals surface area contributed by atoms with E-state index in [0.717, 1.165) is 15.7 Å². The zero-order valence-electron chi connectivity index (χ0n) is 15.2. The first kappa shape index (κ1) is 18.2. The van der Waals surface area contributed by atoms with Crippen LogP contribution in [0.3, 0.4) is 0 Å². The lowest BCUT2D eigenvalue weighted by molar-refractivity contribution is 0.415. The van der Waals surface area contributed by atoms with Gasteiger partial charge >= 0.3 is 5.69 Å². The zero-order valence-corrected chi connectivity index (χ0v) is 15.2. The van der Waals surface area contributed by atoms with E-state index in [1.165, 1.54) is 6.21 Å². The number of aromatic amines is 1. The van der Waals surface area contributed by atoms with E-state index in [9.17, 15) is 14.7 Å². The van der Waals surface area contributed by atoms with Crippen LogP contribution in [0.5, 0.6) is 11.6 Å². The summed E-state index contributed by atoms with van der Waals surface area (Å²) in [6.07, 6.45) is 1.23. The van der Waals surface area contributed by atoms with Crippen LogP contribution in [0.2, 0.25) is 0 Å². The molecule has 3 aromatic rings. The molecule has 0 aliphatic heterocycles. The Morgan fingerprint density at radius 3 is 2.44 bits per heavy atom. The molecule has 7 heteroatoms. The monoisotopic (exact) mass is 365 g/mol.